The number of hydrogen-bond donors (Lipinski definition) is 0. The summed E-state index contributed by atoms with van der Waals surface area (Å²) >= 11 is 5.77. The van der Waals surface area contributed by atoms with E-state index in [1.807, 2.05) is 0 Å². The van der Waals surface area contributed by atoms with Crippen LogP contribution in [0, 0.1) is 0 Å². The number of hydrogen-bond acceptors (Lipinski definition) is 7. The number of amides is 1. The molecule has 26 heavy (non-hydrogen) atoms. The Hall–Kier alpha value is -1.33. The van der Waals surface area contributed by atoms with Crippen LogP contribution in [0.15, 0.2) is 12.4 Å². The van der Waals surface area contributed by atoms with E-state index in [0.29, 0.717) is 24.6 Å². The SMILES string of the molecule is COCCN1C[C@@]23CN(C(=O)c4ncc(Cl)cn4)C[C@@H](C[C@@H]2S1(=O)=O)O3. The van der Waals surface area contributed by atoms with Crippen molar-refractivity contribution in [2.45, 2.75) is 23.4 Å². The van der Waals surface area contributed by atoms with Crippen LogP contribution >= 0.6 is 11.6 Å². The zero-order chi connectivity index (χ0) is 18.5. The van der Waals surface area contributed by atoms with Gasteiger partial charge in [0, 0.05) is 39.1 Å². The molecule has 0 saturated carbocycles. The largest absolute Gasteiger partial charge is 0.383 e. The molecule has 1 aromatic rings. The Morgan fingerprint density at radius 3 is 2.85 bits per heavy atom. The summed E-state index contributed by atoms with van der Waals surface area (Å²) in [5, 5.41) is -0.293. The first-order valence-electron chi connectivity index (χ1n) is 8.28. The molecule has 3 atom stereocenters. The van der Waals surface area contributed by atoms with Crippen molar-refractivity contribution in [1.29, 1.82) is 0 Å². The lowest BCUT2D eigenvalue weighted by Gasteiger charge is -2.39. The molecular weight excluding hydrogens is 384 g/mol. The second kappa shape index (κ2) is 6.38. The predicted molar refractivity (Wildman–Crippen MR) is 91.3 cm³/mol. The molecule has 1 amide bonds. The van der Waals surface area contributed by atoms with E-state index in [9.17, 15) is 13.2 Å². The number of morpholine rings is 1. The van der Waals surface area contributed by atoms with Gasteiger partial charge in [0.05, 0.1) is 24.3 Å². The summed E-state index contributed by atoms with van der Waals surface area (Å²) in [6, 6.07) is 0. The maximum Gasteiger partial charge on any atom is 0.291 e. The highest BCUT2D eigenvalue weighted by atomic mass is 35.5. The van der Waals surface area contributed by atoms with Gasteiger partial charge in [-0.1, -0.05) is 11.6 Å². The number of aromatic nitrogens is 2. The van der Waals surface area contributed by atoms with Gasteiger partial charge in [-0.05, 0) is 6.42 Å². The Morgan fingerprint density at radius 2 is 2.15 bits per heavy atom. The minimum absolute atomic E-state index is 0.0424. The summed E-state index contributed by atoms with van der Waals surface area (Å²) in [4.78, 5) is 22.3. The van der Waals surface area contributed by atoms with Crippen LogP contribution in [-0.2, 0) is 19.5 Å². The van der Waals surface area contributed by atoms with Crippen molar-refractivity contribution in [3.05, 3.63) is 23.2 Å². The zero-order valence-electron chi connectivity index (χ0n) is 14.2. The highest BCUT2D eigenvalue weighted by Crippen LogP contribution is 2.46. The zero-order valence-corrected chi connectivity index (χ0v) is 15.7. The quantitative estimate of drug-likeness (QED) is 0.685. The van der Waals surface area contributed by atoms with Crippen molar-refractivity contribution in [2.24, 2.45) is 0 Å². The smallest absolute Gasteiger partial charge is 0.291 e. The van der Waals surface area contributed by atoms with Crippen LogP contribution in [-0.4, -0.2) is 90.3 Å². The average Bonchev–Trinajstić information content (AvgIpc) is 2.98. The molecule has 4 rings (SSSR count). The van der Waals surface area contributed by atoms with Gasteiger partial charge in [-0.3, -0.25) is 4.79 Å². The number of carbonyl (C=O) groups is 1. The lowest BCUT2D eigenvalue weighted by Crippen LogP contribution is -2.56. The van der Waals surface area contributed by atoms with Crippen molar-refractivity contribution in [2.75, 3.05) is 39.9 Å². The molecule has 4 heterocycles. The van der Waals surface area contributed by atoms with Gasteiger partial charge in [0.25, 0.3) is 5.91 Å². The number of fused-ring (bicyclic) bond motifs is 1. The lowest BCUT2D eigenvalue weighted by atomic mass is 9.99. The summed E-state index contributed by atoms with van der Waals surface area (Å²) in [5.41, 5.74) is -0.905. The van der Waals surface area contributed by atoms with E-state index in [4.69, 9.17) is 21.1 Å². The van der Waals surface area contributed by atoms with E-state index >= 15 is 0 Å². The molecule has 3 fully saturated rings. The summed E-state index contributed by atoms with van der Waals surface area (Å²) in [6.07, 6.45) is 2.82. The Bertz CT molecular complexity index is 820. The molecule has 1 aromatic heterocycles. The molecule has 3 aliphatic heterocycles. The number of methoxy groups -OCH3 is 1. The fourth-order valence-corrected chi connectivity index (χ4v) is 6.45. The van der Waals surface area contributed by atoms with Gasteiger partial charge in [-0.15, -0.1) is 0 Å². The van der Waals surface area contributed by atoms with Gasteiger partial charge < -0.3 is 14.4 Å². The van der Waals surface area contributed by atoms with E-state index in [-0.39, 0.29) is 37.5 Å². The minimum atomic E-state index is -3.48. The van der Waals surface area contributed by atoms with Gasteiger partial charge in [0.2, 0.25) is 15.8 Å². The van der Waals surface area contributed by atoms with Gasteiger partial charge in [0.15, 0.2) is 0 Å². The molecular formula is C15H19ClN4O5S. The van der Waals surface area contributed by atoms with Gasteiger partial charge in [0.1, 0.15) is 10.9 Å². The van der Waals surface area contributed by atoms with E-state index in [1.165, 1.54) is 23.8 Å². The van der Waals surface area contributed by atoms with E-state index in [2.05, 4.69) is 9.97 Å². The Morgan fingerprint density at radius 1 is 1.42 bits per heavy atom. The van der Waals surface area contributed by atoms with Gasteiger partial charge in [-0.2, -0.15) is 4.31 Å². The normalized spacial score (nSPS) is 32.6. The third kappa shape index (κ3) is 2.80. The number of sulfonamides is 1. The minimum Gasteiger partial charge on any atom is -0.383 e. The second-order valence-electron chi connectivity index (χ2n) is 6.81. The van der Waals surface area contributed by atoms with Crippen molar-refractivity contribution in [3.63, 3.8) is 0 Å². The van der Waals surface area contributed by atoms with Crippen LogP contribution in [0.4, 0.5) is 0 Å². The molecule has 3 saturated heterocycles. The fourth-order valence-electron chi connectivity index (χ4n) is 4.06. The van der Waals surface area contributed by atoms with Crippen LogP contribution in [0.1, 0.15) is 17.0 Å². The fraction of sp³-hybridized carbons (Fsp3) is 0.667. The predicted octanol–water partition coefficient (Wildman–Crippen LogP) is -0.226. The van der Waals surface area contributed by atoms with Crippen LogP contribution < -0.4 is 0 Å². The molecule has 0 aromatic carbocycles. The summed E-state index contributed by atoms with van der Waals surface area (Å²) in [7, 11) is -1.95. The number of nitrogens with zero attached hydrogens (tertiary/aromatic N) is 4. The lowest BCUT2D eigenvalue weighted by molar-refractivity contribution is -0.0983. The molecule has 142 valence electrons. The first-order chi connectivity index (χ1) is 12.4. The second-order valence-corrected chi connectivity index (χ2v) is 9.36. The van der Waals surface area contributed by atoms with Crippen LogP contribution in [0.5, 0.6) is 0 Å². The maximum absolute atomic E-state index is 12.8. The Kier molecular flexibility index (Phi) is 4.43. The average molecular weight is 403 g/mol. The maximum atomic E-state index is 12.8. The summed E-state index contributed by atoms with van der Waals surface area (Å²) in [5.74, 6) is -0.302. The number of ether oxygens (including phenoxy) is 2. The van der Waals surface area contributed by atoms with E-state index in [0.717, 1.165) is 0 Å². The number of likely N-dealkylation sites (tertiary alicyclic amines) is 1. The highest BCUT2D eigenvalue weighted by molar-refractivity contribution is 7.90. The Balaban J connectivity index is 1.58. The third-order valence-corrected chi connectivity index (χ3v) is 7.72. The molecule has 0 radical (unpaired) electrons. The molecule has 0 unspecified atom stereocenters. The molecule has 11 heteroatoms. The highest BCUT2D eigenvalue weighted by Gasteiger charge is 2.65. The van der Waals surface area contributed by atoms with Gasteiger partial charge >= 0.3 is 0 Å². The van der Waals surface area contributed by atoms with Crippen LogP contribution in [0.25, 0.3) is 0 Å². The molecule has 3 aliphatic rings. The van der Waals surface area contributed by atoms with E-state index in [1.54, 1.807) is 4.90 Å². The molecule has 1 spiro atoms. The van der Waals surface area contributed by atoms with Crippen molar-refractivity contribution < 1.29 is 22.7 Å². The molecule has 9 nitrogen and oxygen atoms in total. The number of carbonyl (C=O) groups excluding carboxylic acids is 1. The number of halogens is 1. The monoisotopic (exact) mass is 402 g/mol. The summed E-state index contributed by atoms with van der Waals surface area (Å²) < 4.78 is 38.2. The standard InChI is InChI=1S/C15H19ClN4O5S/c1-24-3-2-20-9-15-8-19(14(21)13-17-5-10(16)6-18-13)7-11(25-15)4-12(15)26(20,22)23/h5-6,11-12H,2-4,7-9H2,1H3/t11-,12+,15+/m1/s1. The topological polar surface area (TPSA) is 102 Å². The third-order valence-electron chi connectivity index (χ3n) is 5.15. The Labute approximate surface area is 156 Å². The van der Waals surface area contributed by atoms with Gasteiger partial charge in [-0.25, -0.2) is 18.4 Å². The first-order valence-corrected chi connectivity index (χ1v) is 10.2. The number of rotatable bonds is 4. The van der Waals surface area contributed by atoms with Crippen molar-refractivity contribution >= 4 is 27.5 Å². The van der Waals surface area contributed by atoms with E-state index < -0.39 is 20.9 Å². The molecule has 0 aliphatic carbocycles. The molecule has 0 N–H and O–H groups in total. The van der Waals surface area contributed by atoms with Crippen molar-refractivity contribution in [1.82, 2.24) is 19.2 Å². The van der Waals surface area contributed by atoms with Crippen LogP contribution in [0.2, 0.25) is 5.02 Å². The molecule has 2 bridgehead atoms. The van der Waals surface area contributed by atoms with Crippen molar-refractivity contribution in [3.8, 4) is 0 Å². The summed E-state index contributed by atoms with van der Waals surface area (Å²) in [6.45, 7) is 1.34. The first kappa shape index (κ1) is 18.1. The van der Waals surface area contributed by atoms with Crippen LogP contribution in [0.3, 0.4) is 0 Å².